The van der Waals surface area contributed by atoms with E-state index in [0.29, 0.717) is 11.4 Å². The predicted molar refractivity (Wildman–Crippen MR) is 120 cm³/mol. The van der Waals surface area contributed by atoms with Crippen molar-refractivity contribution in [2.45, 2.75) is 13.8 Å². The lowest BCUT2D eigenvalue weighted by molar-refractivity contribution is -0.115. The van der Waals surface area contributed by atoms with Crippen molar-refractivity contribution in [3.63, 3.8) is 0 Å². The molecule has 154 valence electrons. The maximum absolute atomic E-state index is 11.0. The van der Waals surface area contributed by atoms with Crippen molar-refractivity contribution < 1.29 is 9.59 Å². The van der Waals surface area contributed by atoms with Crippen molar-refractivity contribution in [2.24, 2.45) is 31.9 Å². The molecule has 0 saturated heterocycles. The zero-order chi connectivity index (χ0) is 21.9. The molecule has 0 radical (unpaired) electrons. The summed E-state index contributed by atoms with van der Waals surface area (Å²) in [6, 6.07) is 14.0. The summed E-state index contributed by atoms with van der Waals surface area (Å²) in [7, 11) is 0. The Morgan fingerprint density at radius 1 is 0.700 bits per heavy atom. The van der Waals surface area contributed by atoms with Crippen molar-refractivity contribution in [2.75, 3.05) is 10.6 Å². The number of nitrogens with one attached hydrogen (secondary N) is 2. The number of amides is 2. The number of carbonyl (C=O) groups excluding carboxylic acids is 2. The Bertz CT molecular complexity index is 923. The molecule has 2 amide bonds. The van der Waals surface area contributed by atoms with Gasteiger partial charge in [0, 0.05) is 25.2 Å². The first-order valence-electron chi connectivity index (χ1n) is 8.82. The summed E-state index contributed by atoms with van der Waals surface area (Å²) in [4.78, 5) is 22.0. The molecule has 10 heteroatoms. The van der Waals surface area contributed by atoms with E-state index in [9.17, 15) is 9.59 Å². The Morgan fingerprint density at radius 2 is 1.03 bits per heavy atom. The van der Waals surface area contributed by atoms with Gasteiger partial charge < -0.3 is 22.1 Å². The molecule has 0 heterocycles. The molecule has 0 aliphatic carbocycles. The fourth-order valence-corrected chi connectivity index (χ4v) is 2.13. The first kappa shape index (κ1) is 22.0. The lowest BCUT2D eigenvalue weighted by Gasteiger charge is -2.01. The van der Waals surface area contributed by atoms with E-state index >= 15 is 0 Å². The smallest absolute Gasteiger partial charge is 0.221 e. The molecule has 10 nitrogen and oxygen atoms in total. The minimum absolute atomic E-state index is 0.0840. The van der Waals surface area contributed by atoms with Crippen LogP contribution in [-0.4, -0.2) is 35.9 Å². The number of anilines is 2. The van der Waals surface area contributed by atoms with Gasteiger partial charge in [-0.1, -0.05) is 24.3 Å². The molecule has 0 fully saturated rings. The van der Waals surface area contributed by atoms with Gasteiger partial charge in [-0.3, -0.25) is 9.59 Å². The summed E-state index contributed by atoms with van der Waals surface area (Å²) < 4.78 is 0. The van der Waals surface area contributed by atoms with E-state index in [0.717, 1.165) is 11.1 Å². The van der Waals surface area contributed by atoms with Crippen LogP contribution in [0.1, 0.15) is 25.0 Å². The molecular formula is C20H22N8O2. The lowest BCUT2D eigenvalue weighted by atomic mass is 10.2. The summed E-state index contributed by atoms with van der Waals surface area (Å²) in [5.74, 6) is -0.458. The standard InChI is InChI=1S/C20H22N8O2/c1-13(29)25-17-7-3-15(4-8-17)11-23-27-19(21)20(22)28-24-12-16-5-9-18(10-6-16)26-14(2)30/h3-12H,1-2H3,(H2,21,27)(H2,22,28)(H,25,29)(H,26,30)/b23-11-,24-12+. The van der Waals surface area contributed by atoms with Gasteiger partial charge in [0.25, 0.3) is 0 Å². The van der Waals surface area contributed by atoms with Crippen molar-refractivity contribution >= 4 is 47.3 Å². The van der Waals surface area contributed by atoms with E-state index in [4.69, 9.17) is 11.5 Å². The molecule has 2 rings (SSSR count). The number of nitrogens with zero attached hydrogens (tertiary/aromatic N) is 4. The van der Waals surface area contributed by atoms with Crippen LogP contribution in [0.3, 0.4) is 0 Å². The van der Waals surface area contributed by atoms with E-state index in [-0.39, 0.29) is 23.5 Å². The summed E-state index contributed by atoms with van der Waals surface area (Å²) >= 11 is 0. The molecule has 0 bridgehead atoms. The van der Waals surface area contributed by atoms with E-state index < -0.39 is 0 Å². The number of carbonyl (C=O) groups is 2. The third-order valence-electron chi connectivity index (χ3n) is 3.47. The van der Waals surface area contributed by atoms with Crippen LogP contribution in [0.25, 0.3) is 0 Å². The van der Waals surface area contributed by atoms with Gasteiger partial charge in [-0.2, -0.15) is 10.2 Å². The number of amidine groups is 2. The quantitative estimate of drug-likeness (QED) is 0.326. The molecule has 0 aliphatic rings. The van der Waals surface area contributed by atoms with Gasteiger partial charge in [-0.15, -0.1) is 10.2 Å². The maximum Gasteiger partial charge on any atom is 0.221 e. The normalized spacial score (nSPS) is 12.3. The topological polar surface area (TPSA) is 160 Å². The van der Waals surface area contributed by atoms with Crippen molar-refractivity contribution in [3.05, 3.63) is 59.7 Å². The van der Waals surface area contributed by atoms with Gasteiger partial charge in [0.05, 0.1) is 12.4 Å². The number of rotatable bonds is 6. The summed E-state index contributed by atoms with van der Waals surface area (Å²) in [6.07, 6.45) is 2.97. The first-order valence-corrected chi connectivity index (χ1v) is 8.82. The highest BCUT2D eigenvalue weighted by Gasteiger charge is 1.99. The molecule has 6 N–H and O–H groups in total. The number of hydrogen-bond donors (Lipinski definition) is 4. The second kappa shape index (κ2) is 10.9. The Balaban J connectivity index is 1.94. The molecule has 2 aromatic carbocycles. The van der Waals surface area contributed by atoms with Gasteiger partial charge >= 0.3 is 0 Å². The van der Waals surface area contributed by atoms with Gasteiger partial charge in [0.2, 0.25) is 11.8 Å². The van der Waals surface area contributed by atoms with Crippen LogP contribution in [0.15, 0.2) is 68.9 Å². The second-order valence-electron chi connectivity index (χ2n) is 6.07. The monoisotopic (exact) mass is 406 g/mol. The van der Waals surface area contributed by atoms with Crippen LogP contribution in [0.5, 0.6) is 0 Å². The lowest BCUT2D eigenvalue weighted by Crippen LogP contribution is -2.30. The molecule has 30 heavy (non-hydrogen) atoms. The zero-order valence-corrected chi connectivity index (χ0v) is 16.5. The van der Waals surface area contributed by atoms with Crippen LogP contribution < -0.4 is 22.1 Å². The summed E-state index contributed by atoms with van der Waals surface area (Å²) in [5.41, 5.74) is 14.3. The first-order chi connectivity index (χ1) is 14.3. The number of nitrogens with two attached hydrogens (primary N) is 2. The Morgan fingerprint density at radius 3 is 1.33 bits per heavy atom. The fraction of sp³-hybridized carbons (Fsp3) is 0.100. The Kier molecular flexibility index (Phi) is 7.94. The van der Waals surface area contributed by atoms with Gasteiger partial charge in [-0.25, -0.2) is 0 Å². The predicted octanol–water partition coefficient (Wildman–Crippen LogP) is 1.69. The Hall–Kier alpha value is -4.34. The SMILES string of the molecule is CC(=O)Nc1ccc(/C=N\N=C(N)C(N)=N/N=C/c2ccc(NC(C)=O)cc2)cc1. The molecule has 0 unspecified atom stereocenters. The highest BCUT2D eigenvalue weighted by molar-refractivity contribution is 6.39. The third-order valence-corrected chi connectivity index (χ3v) is 3.47. The average Bonchev–Trinajstić information content (AvgIpc) is 2.69. The molecule has 0 aliphatic heterocycles. The molecule has 0 saturated carbocycles. The maximum atomic E-state index is 11.0. The van der Waals surface area contributed by atoms with Crippen LogP contribution in [0, 0.1) is 0 Å². The minimum Gasteiger partial charge on any atom is -0.379 e. The molecular weight excluding hydrogens is 384 g/mol. The third kappa shape index (κ3) is 7.72. The minimum atomic E-state index is -0.145. The van der Waals surface area contributed by atoms with Gasteiger partial charge in [0.1, 0.15) is 0 Å². The van der Waals surface area contributed by atoms with Crippen molar-refractivity contribution in [1.82, 2.24) is 0 Å². The van der Waals surface area contributed by atoms with E-state index in [1.807, 2.05) is 0 Å². The summed E-state index contributed by atoms with van der Waals surface area (Å²) in [6.45, 7) is 2.87. The molecule has 0 aromatic heterocycles. The van der Waals surface area contributed by atoms with Crippen LogP contribution in [0.4, 0.5) is 11.4 Å². The molecule has 0 atom stereocenters. The fourth-order valence-electron chi connectivity index (χ4n) is 2.13. The Labute approximate surface area is 173 Å². The van der Waals surface area contributed by atoms with Gasteiger partial charge in [-0.05, 0) is 35.4 Å². The number of hydrogen-bond acceptors (Lipinski definition) is 6. The van der Waals surface area contributed by atoms with Gasteiger partial charge in [0.15, 0.2) is 11.7 Å². The highest BCUT2D eigenvalue weighted by atomic mass is 16.2. The van der Waals surface area contributed by atoms with Crippen molar-refractivity contribution in [3.8, 4) is 0 Å². The van der Waals surface area contributed by atoms with Crippen LogP contribution in [-0.2, 0) is 9.59 Å². The number of benzene rings is 2. The van der Waals surface area contributed by atoms with E-state index in [2.05, 4.69) is 31.0 Å². The molecule has 2 aromatic rings. The zero-order valence-electron chi connectivity index (χ0n) is 16.5. The van der Waals surface area contributed by atoms with Crippen LogP contribution in [0.2, 0.25) is 0 Å². The van der Waals surface area contributed by atoms with Crippen LogP contribution >= 0.6 is 0 Å². The van der Waals surface area contributed by atoms with E-state index in [1.54, 1.807) is 48.5 Å². The van der Waals surface area contributed by atoms with Crippen molar-refractivity contribution in [1.29, 1.82) is 0 Å². The highest BCUT2D eigenvalue weighted by Crippen LogP contribution is 2.09. The average molecular weight is 406 g/mol. The largest absolute Gasteiger partial charge is 0.379 e. The second-order valence-corrected chi connectivity index (χ2v) is 6.07. The molecule has 0 spiro atoms. The van der Waals surface area contributed by atoms with E-state index in [1.165, 1.54) is 26.3 Å². The summed E-state index contributed by atoms with van der Waals surface area (Å²) in [5, 5.41) is 20.6.